The first kappa shape index (κ1) is 12.6. The first-order valence-electron chi connectivity index (χ1n) is 4.41. The van der Waals surface area contributed by atoms with E-state index in [0.29, 0.717) is 4.45 Å². The van der Waals surface area contributed by atoms with E-state index in [1.54, 1.807) is 14.2 Å². The van der Waals surface area contributed by atoms with Crippen LogP contribution >= 0.6 is 15.9 Å². The van der Waals surface area contributed by atoms with Gasteiger partial charge in [0.15, 0.2) is 0 Å². The van der Waals surface area contributed by atoms with Gasteiger partial charge in [-0.3, -0.25) is 0 Å². The van der Waals surface area contributed by atoms with E-state index in [0.717, 1.165) is 18.9 Å². The van der Waals surface area contributed by atoms with Crippen molar-refractivity contribution in [1.82, 2.24) is 0 Å². The summed E-state index contributed by atoms with van der Waals surface area (Å²) in [4.78, 5) is 0. The van der Waals surface area contributed by atoms with Crippen molar-refractivity contribution in [2.45, 2.75) is 37.2 Å². The molecule has 0 spiro atoms. The van der Waals surface area contributed by atoms with Crippen molar-refractivity contribution in [3.63, 3.8) is 0 Å². The molecule has 0 aromatic carbocycles. The first-order valence-corrected chi connectivity index (χ1v) is 7.42. The smallest absolute Gasteiger partial charge is 0.351 e. The standard InChI is InChI=1S/C8H19BrO2Si/c1-5-7-12(10-3,11-4)8(9)6-2/h8H,5-7H2,1-4H3. The number of rotatable bonds is 6. The molecule has 0 aromatic heterocycles. The summed E-state index contributed by atoms with van der Waals surface area (Å²) in [7, 11) is 1.59. The van der Waals surface area contributed by atoms with Crippen molar-refractivity contribution in [3.8, 4) is 0 Å². The molecule has 74 valence electrons. The van der Waals surface area contributed by atoms with Crippen molar-refractivity contribution < 1.29 is 8.85 Å². The predicted octanol–water partition coefficient (Wildman–Crippen LogP) is 2.84. The Kier molecular flexibility index (Phi) is 6.44. The van der Waals surface area contributed by atoms with E-state index in [9.17, 15) is 0 Å². The van der Waals surface area contributed by atoms with Crippen LogP contribution in [0.3, 0.4) is 0 Å². The van der Waals surface area contributed by atoms with Gasteiger partial charge < -0.3 is 8.85 Å². The third kappa shape index (κ3) is 2.83. The summed E-state index contributed by atoms with van der Waals surface area (Å²) in [5.41, 5.74) is 0. The normalized spacial score (nSPS) is 14.8. The van der Waals surface area contributed by atoms with Gasteiger partial charge in [0, 0.05) is 14.2 Å². The molecule has 1 atom stereocenters. The highest BCUT2D eigenvalue weighted by atomic mass is 79.9. The van der Waals surface area contributed by atoms with E-state index in [1.807, 2.05) is 0 Å². The molecule has 0 rings (SSSR count). The highest BCUT2D eigenvalue weighted by Crippen LogP contribution is 2.26. The molecule has 0 aliphatic carbocycles. The summed E-state index contributed by atoms with van der Waals surface area (Å²) in [5, 5.41) is 0. The molecule has 4 heteroatoms. The van der Waals surface area contributed by atoms with Crippen LogP contribution in [0.25, 0.3) is 0 Å². The van der Waals surface area contributed by atoms with E-state index in [4.69, 9.17) is 8.85 Å². The molecular formula is C8H19BrO2Si. The maximum Gasteiger partial charge on any atom is 0.351 e. The number of hydrogen-bond acceptors (Lipinski definition) is 2. The molecule has 0 aliphatic rings. The van der Waals surface area contributed by atoms with Crippen LogP contribution in [-0.4, -0.2) is 27.2 Å². The Morgan fingerprint density at radius 2 is 1.75 bits per heavy atom. The van der Waals surface area contributed by atoms with Crippen LogP contribution in [0.4, 0.5) is 0 Å². The van der Waals surface area contributed by atoms with Gasteiger partial charge in [0.1, 0.15) is 0 Å². The second kappa shape index (κ2) is 6.13. The monoisotopic (exact) mass is 254 g/mol. The van der Waals surface area contributed by atoms with Gasteiger partial charge in [0.05, 0.1) is 4.45 Å². The van der Waals surface area contributed by atoms with Crippen molar-refractivity contribution in [2.24, 2.45) is 0 Å². The Balaban J connectivity index is 4.33. The van der Waals surface area contributed by atoms with Crippen LogP contribution in [0.5, 0.6) is 0 Å². The molecule has 0 saturated heterocycles. The molecule has 1 unspecified atom stereocenters. The van der Waals surface area contributed by atoms with Gasteiger partial charge in [-0.15, -0.1) is 0 Å². The molecule has 0 radical (unpaired) electrons. The SMILES string of the molecule is CCC[Si](OC)(OC)C(Br)CC. The molecule has 0 bridgehead atoms. The fourth-order valence-corrected chi connectivity index (χ4v) is 5.89. The molecule has 12 heavy (non-hydrogen) atoms. The molecule has 0 heterocycles. The van der Waals surface area contributed by atoms with Gasteiger partial charge in [-0.25, -0.2) is 0 Å². The van der Waals surface area contributed by atoms with Crippen LogP contribution in [0.1, 0.15) is 26.7 Å². The second-order valence-electron chi connectivity index (χ2n) is 2.85. The lowest BCUT2D eigenvalue weighted by Crippen LogP contribution is -2.48. The van der Waals surface area contributed by atoms with E-state index in [1.165, 1.54) is 0 Å². The highest BCUT2D eigenvalue weighted by Gasteiger charge is 2.41. The van der Waals surface area contributed by atoms with E-state index in [-0.39, 0.29) is 0 Å². The largest absolute Gasteiger partial charge is 0.397 e. The van der Waals surface area contributed by atoms with Crippen LogP contribution < -0.4 is 0 Å². The van der Waals surface area contributed by atoms with E-state index < -0.39 is 8.56 Å². The molecule has 0 fully saturated rings. The minimum absolute atomic E-state index is 0.403. The highest BCUT2D eigenvalue weighted by molar-refractivity contribution is 9.10. The number of hydrogen-bond donors (Lipinski definition) is 0. The lowest BCUT2D eigenvalue weighted by molar-refractivity contribution is 0.238. The average molecular weight is 255 g/mol. The molecule has 0 aliphatic heterocycles. The zero-order valence-electron chi connectivity index (χ0n) is 8.39. The third-order valence-electron chi connectivity index (χ3n) is 2.13. The zero-order valence-corrected chi connectivity index (χ0v) is 11.0. The topological polar surface area (TPSA) is 18.5 Å². The van der Waals surface area contributed by atoms with E-state index in [2.05, 4.69) is 29.8 Å². The lowest BCUT2D eigenvalue weighted by atomic mass is 10.6. The Morgan fingerprint density at radius 1 is 1.25 bits per heavy atom. The Hall–Kier alpha value is 0.617. The third-order valence-corrected chi connectivity index (χ3v) is 8.81. The van der Waals surface area contributed by atoms with Crippen LogP contribution in [0.2, 0.25) is 6.04 Å². The number of alkyl halides is 1. The van der Waals surface area contributed by atoms with Crippen molar-refractivity contribution in [3.05, 3.63) is 0 Å². The van der Waals surface area contributed by atoms with Gasteiger partial charge in [0.25, 0.3) is 0 Å². The molecule has 0 saturated carbocycles. The molecule has 0 amide bonds. The van der Waals surface area contributed by atoms with Gasteiger partial charge in [-0.05, 0) is 12.5 Å². The van der Waals surface area contributed by atoms with Crippen molar-refractivity contribution >= 4 is 24.5 Å². The summed E-state index contributed by atoms with van der Waals surface area (Å²) in [6, 6.07) is 1.06. The quantitative estimate of drug-likeness (QED) is 0.536. The summed E-state index contributed by atoms with van der Waals surface area (Å²) >= 11 is 3.63. The summed E-state index contributed by atoms with van der Waals surface area (Å²) in [6.45, 7) is 4.31. The number of halogens is 1. The van der Waals surface area contributed by atoms with Gasteiger partial charge in [0.2, 0.25) is 0 Å². The first-order chi connectivity index (χ1) is 5.66. The maximum atomic E-state index is 5.55. The fourth-order valence-electron chi connectivity index (χ4n) is 1.36. The van der Waals surface area contributed by atoms with Crippen molar-refractivity contribution in [2.75, 3.05) is 14.2 Å². The Bertz CT molecular complexity index is 118. The van der Waals surface area contributed by atoms with Crippen LogP contribution in [-0.2, 0) is 8.85 Å². The Labute approximate surface area is 85.0 Å². The molecule has 0 N–H and O–H groups in total. The van der Waals surface area contributed by atoms with Gasteiger partial charge >= 0.3 is 8.56 Å². The summed E-state index contributed by atoms with van der Waals surface area (Å²) in [5.74, 6) is 0. The van der Waals surface area contributed by atoms with Crippen LogP contribution in [0.15, 0.2) is 0 Å². The Morgan fingerprint density at radius 3 is 2.00 bits per heavy atom. The minimum Gasteiger partial charge on any atom is -0.397 e. The fraction of sp³-hybridized carbons (Fsp3) is 1.00. The minimum atomic E-state index is -1.93. The average Bonchev–Trinajstić information content (AvgIpc) is 2.13. The molecule has 2 nitrogen and oxygen atoms in total. The zero-order chi connectivity index (χ0) is 9.61. The summed E-state index contributed by atoms with van der Waals surface area (Å²) < 4.78 is 11.5. The van der Waals surface area contributed by atoms with E-state index >= 15 is 0 Å². The lowest BCUT2D eigenvalue weighted by Gasteiger charge is -2.30. The van der Waals surface area contributed by atoms with Crippen molar-refractivity contribution in [1.29, 1.82) is 0 Å². The van der Waals surface area contributed by atoms with Gasteiger partial charge in [-0.2, -0.15) is 0 Å². The second-order valence-corrected chi connectivity index (χ2v) is 8.43. The van der Waals surface area contributed by atoms with Gasteiger partial charge in [-0.1, -0.05) is 36.2 Å². The maximum absolute atomic E-state index is 5.55. The van der Waals surface area contributed by atoms with Crippen LogP contribution in [0, 0.1) is 0 Å². The molecular weight excluding hydrogens is 236 g/mol. The summed E-state index contributed by atoms with van der Waals surface area (Å²) in [6.07, 6.45) is 2.18. The predicted molar refractivity (Wildman–Crippen MR) is 57.9 cm³/mol. The molecule has 0 aromatic rings.